The molecule has 83 heavy (non-hydrogen) atoms. The molecule has 0 bridgehead atoms. The molecule has 0 aromatic carbocycles. The Labute approximate surface area is 514 Å². The van der Waals surface area contributed by atoms with E-state index in [2.05, 4.69) is 130 Å². The Morgan fingerprint density at radius 1 is 0.253 bits per heavy atom. The van der Waals surface area contributed by atoms with Crippen LogP contribution in [0.25, 0.3) is 0 Å². The van der Waals surface area contributed by atoms with Crippen molar-refractivity contribution in [2.24, 2.45) is 0 Å². The van der Waals surface area contributed by atoms with E-state index >= 15 is 0 Å². The number of allylic oxidation sites excluding steroid dienone is 18. The Hall–Kier alpha value is -3.93. The zero-order valence-corrected chi connectivity index (χ0v) is 54.7. The van der Waals surface area contributed by atoms with Crippen molar-refractivity contribution in [3.8, 4) is 0 Å². The van der Waals surface area contributed by atoms with Crippen molar-refractivity contribution in [1.82, 2.24) is 0 Å². The first-order valence-electron chi connectivity index (χ1n) is 35.4. The predicted octanol–water partition coefficient (Wildman–Crippen LogP) is 24.6. The summed E-state index contributed by atoms with van der Waals surface area (Å²) in [5.74, 6) is -0.902. The summed E-state index contributed by atoms with van der Waals surface area (Å²) in [6.45, 7) is 6.50. The second-order valence-electron chi connectivity index (χ2n) is 23.4. The van der Waals surface area contributed by atoms with Gasteiger partial charge in [0.25, 0.3) is 0 Å². The van der Waals surface area contributed by atoms with E-state index in [9.17, 15) is 14.4 Å². The maximum atomic E-state index is 12.9. The minimum atomic E-state index is -0.791. The van der Waals surface area contributed by atoms with Gasteiger partial charge in [-0.25, -0.2) is 0 Å². The van der Waals surface area contributed by atoms with Gasteiger partial charge in [0.15, 0.2) is 6.10 Å². The largest absolute Gasteiger partial charge is 0.462 e. The Morgan fingerprint density at radius 3 is 0.735 bits per heavy atom. The van der Waals surface area contributed by atoms with E-state index < -0.39 is 6.10 Å². The summed E-state index contributed by atoms with van der Waals surface area (Å²) in [4.78, 5) is 38.3. The van der Waals surface area contributed by atoms with Gasteiger partial charge in [-0.3, -0.25) is 14.4 Å². The molecule has 0 aromatic rings. The summed E-state index contributed by atoms with van der Waals surface area (Å²) in [6.07, 6.45) is 97.1. The fraction of sp³-hybridized carbons (Fsp3) is 0.727. The first-order chi connectivity index (χ1) is 41.0. The molecule has 1 atom stereocenters. The van der Waals surface area contributed by atoms with Crippen LogP contribution in [-0.2, 0) is 28.6 Å². The molecule has 0 aliphatic carbocycles. The van der Waals surface area contributed by atoms with E-state index in [-0.39, 0.29) is 31.1 Å². The lowest BCUT2D eigenvalue weighted by atomic mass is 10.0. The number of esters is 3. The highest BCUT2D eigenvalue weighted by Gasteiger charge is 2.19. The summed E-state index contributed by atoms with van der Waals surface area (Å²) in [7, 11) is 0. The van der Waals surface area contributed by atoms with Gasteiger partial charge in [-0.05, 0) is 109 Å². The van der Waals surface area contributed by atoms with Gasteiger partial charge in [0, 0.05) is 19.3 Å². The molecule has 0 saturated carbocycles. The monoisotopic (exact) mass is 1150 g/mol. The molecular weight excluding hydrogens is 1020 g/mol. The minimum absolute atomic E-state index is 0.0859. The lowest BCUT2D eigenvalue weighted by Crippen LogP contribution is -2.30. The second-order valence-corrected chi connectivity index (χ2v) is 23.4. The van der Waals surface area contributed by atoms with E-state index in [1.54, 1.807) is 0 Å². The van der Waals surface area contributed by atoms with Crippen LogP contribution in [0, 0.1) is 0 Å². The topological polar surface area (TPSA) is 78.9 Å². The average Bonchev–Trinajstić information content (AvgIpc) is 3.49. The van der Waals surface area contributed by atoms with Crippen LogP contribution in [0.1, 0.15) is 342 Å². The molecule has 0 aliphatic rings. The summed E-state index contributed by atoms with van der Waals surface area (Å²) < 4.78 is 16.9. The summed E-state index contributed by atoms with van der Waals surface area (Å²) in [5, 5.41) is 0. The Morgan fingerprint density at radius 2 is 0.470 bits per heavy atom. The molecule has 0 spiro atoms. The fourth-order valence-electron chi connectivity index (χ4n) is 9.99. The van der Waals surface area contributed by atoms with Gasteiger partial charge in [0.2, 0.25) is 0 Å². The van der Waals surface area contributed by atoms with Crippen molar-refractivity contribution in [3.05, 3.63) is 109 Å². The van der Waals surface area contributed by atoms with E-state index in [0.29, 0.717) is 19.3 Å². The maximum absolute atomic E-state index is 12.9. The first-order valence-corrected chi connectivity index (χ1v) is 35.4. The zero-order valence-electron chi connectivity index (χ0n) is 54.7. The van der Waals surface area contributed by atoms with Crippen molar-refractivity contribution in [2.75, 3.05) is 13.2 Å². The number of carbonyl (C=O) groups excluding carboxylic acids is 3. The predicted molar refractivity (Wildman–Crippen MR) is 362 cm³/mol. The van der Waals surface area contributed by atoms with Gasteiger partial charge in [0.1, 0.15) is 13.2 Å². The van der Waals surface area contributed by atoms with Gasteiger partial charge in [-0.1, -0.05) is 323 Å². The fourth-order valence-corrected chi connectivity index (χ4v) is 9.99. The van der Waals surface area contributed by atoms with E-state index in [1.165, 1.54) is 180 Å². The van der Waals surface area contributed by atoms with Gasteiger partial charge in [-0.15, -0.1) is 0 Å². The molecule has 0 aliphatic heterocycles. The van der Waals surface area contributed by atoms with Crippen LogP contribution in [0.4, 0.5) is 0 Å². The van der Waals surface area contributed by atoms with Crippen LogP contribution >= 0.6 is 0 Å². The van der Waals surface area contributed by atoms with Gasteiger partial charge in [-0.2, -0.15) is 0 Å². The molecule has 476 valence electrons. The third-order valence-electron chi connectivity index (χ3n) is 15.3. The van der Waals surface area contributed by atoms with Crippen LogP contribution in [0.5, 0.6) is 0 Å². The highest BCUT2D eigenvalue weighted by atomic mass is 16.6. The smallest absolute Gasteiger partial charge is 0.306 e. The number of hydrogen-bond acceptors (Lipinski definition) is 6. The number of hydrogen-bond donors (Lipinski definition) is 0. The highest BCUT2D eigenvalue weighted by Crippen LogP contribution is 2.17. The molecule has 0 amide bonds. The van der Waals surface area contributed by atoms with Crippen LogP contribution in [-0.4, -0.2) is 37.2 Å². The number of rotatable bonds is 64. The zero-order chi connectivity index (χ0) is 59.9. The third kappa shape index (κ3) is 68.7. The lowest BCUT2D eigenvalue weighted by Gasteiger charge is -2.18. The average molecular weight is 1150 g/mol. The van der Waals surface area contributed by atoms with Gasteiger partial charge in [0.05, 0.1) is 0 Å². The molecule has 0 radical (unpaired) electrons. The molecule has 0 fully saturated rings. The molecule has 0 N–H and O–H groups in total. The van der Waals surface area contributed by atoms with Gasteiger partial charge < -0.3 is 14.2 Å². The third-order valence-corrected chi connectivity index (χ3v) is 15.3. The Bertz CT molecular complexity index is 1660. The molecule has 0 saturated heterocycles. The van der Waals surface area contributed by atoms with Crippen LogP contribution < -0.4 is 0 Å². The van der Waals surface area contributed by atoms with Crippen molar-refractivity contribution in [3.63, 3.8) is 0 Å². The van der Waals surface area contributed by atoms with Crippen molar-refractivity contribution < 1.29 is 28.6 Å². The Kier molecular flexibility index (Phi) is 67.2. The van der Waals surface area contributed by atoms with E-state index in [1.807, 2.05) is 0 Å². The van der Waals surface area contributed by atoms with E-state index in [4.69, 9.17) is 14.2 Å². The van der Waals surface area contributed by atoms with Crippen LogP contribution in [0.3, 0.4) is 0 Å². The highest BCUT2D eigenvalue weighted by molar-refractivity contribution is 5.71. The van der Waals surface area contributed by atoms with Crippen molar-refractivity contribution >= 4 is 17.9 Å². The van der Waals surface area contributed by atoms with Crippen molar-refractivity contribution in [1.29, 1.82) is 0 Å². The second kappa shape index (κ2) is 70.6. The standard InChI is InChI=1S/C77H132O6/c1-4-7-10-13-16-19-21-23-25-27-29-31-33-34-35-36-37-38-39-40-41-42-44-45-47-49-51-53-55-58-61-64-67-70-76(79)82-73-74(72-81-75(78)69-66-63-60-57-18-15-12-9-6-3)83-77(80)71-68-65-62-59-56-54-52-50-48-46-43-32-30-28-26-24-22-20-17-14-11-8-5-2/h8,11,17,20-21,23-24,26-27,29-30,32-34,46,48,52,54,74H,4-7,9-10,12-16,18-19,22,25,28,31,35-45,47,49-51,53,55-73H2,1-3H3/b11-8-,20-17-,23-21-,26-24-,29-27-,32-30-,34-33-,48-46-,54-52-. The van der Waals surface area contributed by atoms with Crippen LogP contribution in [0.15, 0.2) is 109 Å². The quantitative estimate of drug-likeness (QED) is 0.0261. The first kappa shape index (κ1) is 79.1. The van der Waals surface area contributed by atoms with E-state index in [0.717, 1.165) is 122 Å². The minimum Gasteiger partial charge on any atom is -0.462 e. The number of ether oxygens (including phenoxy) is 3. The normalized spacial score (nSPS) is 12.8. The molecule has 0 heterocycles. The van der Waals surface area contributed by atoms with Crippen LogP contribution in [0.2, 0.25) is 0 Å². The summed E-state index contributed by atoms with van der Waals surface area (Å²) >= 11 is 0. The molecule has 6 nitrogen and oxygen atoms in total. The summed E-state index contributed by atoms with van der Waals surface area (Å²) in [6, 6.07) is 0. The van der Waals surface area contributed by atoms with Gasteiger partial charge >= 0.3 is 17.9 Å². The molecule has 1 unspecified atom stereocenters. The molecule has 0 rings (SSSR count). The van der Waals surface area contributed by atoms with Crippen molar-refractivity contribution in [2.45, 2.75) is 348 Å². The molecule has 0 aromatic heterocycles. The number of unbranched alkanes of at least 4 members (excludes halogenated alkanes) is 35. The lowest BCUT2D eigenvalue weighted by molar-refractivity contribution is -0.167. The molecule has 6 heteroatoms. The number of carbonyl (C=O) groups is 3. The Balaban J connectivity index is 4.15. The SMILES string of the molecule is CC/C=C\C/C=C\C/C=C\C/C=C\C/C=C\C/C=C\CCCCCCC(=O)OC(COC(=O)CCCCCCCCCCC)COC(=O)CCCCCCCCCCCCCCCCCCCC/C=C\C/C=C\C/C=C\CCCCCCC. The maximum Gasteiger partial charge on any atom is 0.306 e. The summed E-state index contributed by atoms with van der Waals surface area (Å²) in [5.41, 5.74) is 0. The molecular formula is C77H132O6.